The zero-order valence-corrected chi connectivity index (χ0v) is 13.9. The lowest BCUT2D eigenvalue weighted by Crippen LogP contribution is -2.37. The number of hydrogen-bond acceptors (Lipinski definition) is 3. The Kier molecular flexibility index (Phi) is 3.80. The lowest BCUT2D eigenvalue weighted by Gasteiger charge is -2.27. The number of carbonyl (C=O) groups is 1. The van der Waals surface area contributed by atoms with Gasteiger partial charge in [-0.1, -0.05) is 18.2 Å². The maximum Gasteiger partial charge on any atom is 0.226 e. The molecule has 3 fully saturated rings. The van der Waals surface area contributed by atoms with Crippen LogP contribution in [0.4, 0.5) is 0 Å². The second-order valence-electron chi connectivity index (χ2n) is 7.38. The summed E-state index contributed by atoms with van der Waals surface area (Å²) in [6.07, 6.45) is 5.74. The third-order valence-electron chi connectivity index (χ3n) is 5.89. The van der Waals surface area contributed by atoms with Crippen molar-refractivity contribution < 1.29 is 9.53 Å². The van der Waals surface area contributed by atoms with Crippen LogP contribution in [0.15, 0.2) is 24.3 Å². The van der Waals surface area contributed by atoms with Crippen molar-refractivity contribution >= 4 is 5.91 Å². The Morgan fingerprint density at radius 1 is 1.30 bits per heavy atom. The lowest BCUT2D eigenvalue weighted by atomic mass is 9.91. The van der Waals surface area contributed by atoms with Crippen LogP contribution in [-0.4, -0.2) is 37.0 Å². The van der Waals surface area contributed by atoms with Crippen LogP contribution in [0.1, 0.15) is 37.7 Å². The quantitative estimate of drug-likeness (QED) is 0.908. The molecule has 0 radical (unpaired) electrons. The number of nitrogens with zero attached hydrogens (tertiary/aromatic N) is 1. The van der Waals surface area contributed by atoms with E-state index in [9.17, 15) is 4.79 Å². The molecule has 1 unspecified atom stereocenters. The Labute approximate surface area is 138 Å². The fourth-order valence-electron chi connectivity index (χ4n) is 4.16. The molecule has 23 heavy (non-hydrogen) atoms. The first-order valence-corrected chi connectivity index (χ1v) is 8.87. The molecule has 1 atom stereocenters. The second kappa shape index (κ2) is 5.82. The maximum absolute atomic E-state index is 13.1. The standard InChI is InChI=1S/C19H26N2O2/c1-23-17-5-3-2-4-14(17)13-21(15-6-7-15)18(22)16-12-19(16)8-10-20-11-9-19/h2-5,15-16,20H,6-13H2,1H3. The molecule has 1 aromatic rings. The highest BCUT2D eigenvalue weighted by atomic mass is 16.5. The van der Waals surface area contributed by atoms with Crippen LogP contribution >= 0.6 is 0 Å². The van der Waals surface area contributed by atoms with Gasteiger partial charge in [-0.3, -0.25) is 4.79 Å². The summed E-state index contributed by atoms with van der Waals surface area (Å²) >= 11 is 0. The average Bonchev–Trinajstić information content (AvgIpc) is 3.50. The van der Waals surface area contributed by atoms with Crippen LogP contribution < -0.4 is 10.1 Å². The van der Waals surface area contributed by atoms with Gasteiger partial charge in [-0.15, -0.1) is 0 Å². The maximum atomic E-state index is 13.1. The summed E-state index contributed by atoms with van der Waals surface area (Å²) in [5.41, 5.74) is 1.44. The molecule has 1 heterocycles. The van der Waals surface area contributed by atoms with Gasteiger partial charge >= 0.3 is 0 Å². The van der Waals surface area contributed by atoms with Crippen LogP contribution in [0.3, 0.4) is 0 Å². The molecule has 0 bridgehead atoms. The van der Waals surface area contributed by atoms with Crippen molar-refractivity contribution in [3.8, 4) is 5.75 Å². The molecule has 1 saturated heterocycles. The van der Waals surface area contributed by atoms with Crippen LogP contribution in [0.5, 0.6) is 5.75 Å². The van der Waals surface area contributed by atoms with Crippen LogP contribution in [0.25, 0.3) is 0 Å². The minimum atomic E-state index is 0.264. The fraction of sp³-hybridized carbons (Fsp3) is 0.632. The minimum Gasteiger partial charge on any atom is -0.496 e. The molecular formula is C19H26N2O2. The Morgan fingerprint density at radius 3 is 2.74 bits per heavy atom. The van der Waals surface area contributed by atoms with E-state index in [-0.39, 0.29) is 5.92 Å². The van der Waals surface area contributed by atoms with Crippen molar-refractivity contribution in [1.29, 1.82) is 0 Å². The van der Waals surface area contributed by atoms with Crippen molar-refractivity contribution in [3.05, 3.63) is 29.8 Å². The van der Waals surface area contributed by atoms with Crippen molar-refractivity contribution in [2.45, 2.75) is 44.7 Å². The van der Waals surface area contributed by atoms with E-state index in [0.29, 0.717) is 23.9 Å². The summed E-state index contributed by atoms with van der Waals surface area (Å²) in [5.74, 6) is 1.54. The summed E-state index contributed by atoms with van der Waals surface area (Å²) < 4.78 is 5.47. The largest absolute Gasteiger partial charge is 0.496 e. The van der Waals surface area contributed by atoms with Gasteiger partial charge in [0.1, 0.15) is 5.75 Å². The van der Waals surface area contributed by atoms with Gasteiger partial charge in [-0.2, -0.15) is 0 Å². The van der Waals surface area contributed by atoms with Gasteiger partial charge in [0.25, 0.3) is 0 Å². The number of methoxy groups -OCH3 is 1. The Morgan fingerprint density at radius 2 is 2.04 bits per heavy atom. The predicted octanol–water partition coefficient (Wildman–Crippen LogP) is 2.58. The van der Waals surface area contributed by atoms with Gasteiger partial charge < -0.3 is 15.0 Å². The highest BCUT2D eigenvalue weighted by Gasteiger charge is 2.59. The van der Waals surface area contributed by atoms with E-state index in [2.05, 4.69) is 16.3 Å². The molecular weight excluding hydrogens is 288 g/mol. The smallest absolute Gasteiger partial charge is 0.226 e. The zero-order valence-electron chi connectivity index (χ0n) is 13.9. The van der Waals surface area contributed by atoms with Gasteiger partial charge in [0, 0.05) is 24.1 Å². The molecule has 4 heteroatoms. The van der Waals surface area contributed by atoms with E-state index >= 15 is 0 Å². The molecule has 2 aliphatic carbocycles. The molecule has 1 amide bonds. The highest BCUT2D eigenvalue weighted by Crippen LogP contribution is 2.59. The molecule has 1 aromatic carbocycles. The summed E-state index contributed by atoms with van der Waals surface area (Å²) in [6.45, 7) is 2.83. The number of nitrogens with one attached hydrogen (secondary N) is 1. The summed E-state index contributed by atoms with van der Waals surface area (Å²) in [6, 6.07) is 8.52. The van der Waals surface area contributed by atoms with Crippen molar-refractivity contribution in [1.82, 2.24) is 10.2 Å². The minimum absolute atomic E-state index is 0.264. The van der Waals surface area contributed by atoms with Gasteiger partial charge in [0.05, 0.1) is 7.11 Å². The first kappa shape index (κ1) is 15.0. The molecule has 1 spiro atoms. The number of rotatable bonds is 5. The number of benzene rings is 1. The molecule has 4 rings (SSSR count). The van der Waals surface area contributed by atoms with Crippen LogP contribution in [0, 0.1) is 11.3 Å². The number of amides is 1. The average molecular weight is 314 g/mol. The number of para-hydroxylation sites is 1. The Bertz CT molecular complexity index is 591. The number of hydrogen-bond donors (Lipinski definition) is 1. The third-order valence-corrected chi connectivity index (χ3v) is 5.89. The van der Waals surface area contributed by atoms with Gasteiger partial charge in [0.15, 0.2) is 0 Å². The normalized spacial score (nSPS) is 25.2. The topological polar surface area (TPSA) is 41.6 Å². The van der Waals surface area contributed by atoms with E-state index in [1.165, 1.54) is 0 Å². The van der Waals surface area contributed by atoms with Crippen molar-refractivity contribution in [2.24, 2.45) is 11.3 Å². The number of carbonyl (C=O) groups excluding carboxylic acids is 1. The molecule has 3 aliphatic rings. The summed E-state index contributed by atoms with van der Waals surface area (Å²) in [4.78, 5) is 15.3. The number of ether oxygens (including phenoxy) is 1. The molecule has 124 valence electrons. The Hall–Kier alpha value is -1.55. The van der Waals surface area contributed by atoms with Gasteiger partial charge in [-0.25, -0.2) is 0 Å². The van der Waals surface area contributed by atoms with Gasteiger partial charge in [-0.05, 0) is 56.7 Å². The zero-order chi connectivity index (χ0) is 15.9. The third kappa shape index (κ3) is 2.85. The van der Waals surface area contributed by atoms with E-state index in [1.54, 1.807) is 7.11 Å². The number of piperidine rings is 1. The lowest BCUT2D eigenvalue weighted by molar-refractivity contribution is -0.134. The summed E-state index contributed by atoms with van der Waals surface area (Å²) in [7, 11) is 1.70. The Balaban J connectivity index is 1.49. The summed E-state index contributed by atoms with van der Waals surface area (Å²) in [5, 5.41) is 3.42. The van der Waals surface area contributed by atoms with Crippen molar-refractivity contribution in [2.75, 3.05) is 20.2 Å². The van der Waals surface area contributed by atoms with Crippen LogP contribution in [-0.2, 0) is 11.3 Å². The first-order valence-electron chi connectivity index (χ1n) is 8.87. The van der Waals surface area contributed by atoms with Gasteiger partial charge in [0.2, 0.25) is 5.91 Å². The molecule has 2 saturated carbocycles. The predicted molar refractivity (Wildman–Crippen MR) is 89.2 cm³/mol. The molecule has 1 aliphatic heterocycles. The molecule has 0 aromatic heterocycles. The monoisotopic (exact) mass is 314 g/mol. The molecule has 1 N–H and O–H groups in total. The fourth-order valence-corrected chi connectivity index (χ4v) is 4.16. The van der Waals surface area contributed by atoms with Crippen molar-refractivity contribution in [3.63, 3.8) is 0 Å². The second-order valence-corrected chi connectivity index (χ2v) is 7.38. The van der Waals surface area contributed by atoms with Crippen LogP contribution in [0.2, 0.25) is 0 Å². The highest BCUT2D eigenvalue weighted by molar-refractivity contribution is 5.83. The van der Waals surface area contributed by atoms with E-state index in [0.717, 1.165) is 56.5 Å². The molecule has 4 nitrogen and oxygen atoms in total. The van der Waals surface area contributed by atoms with E-state index in [4.69, 9.17) is 4.74 Å². The first-order chi connectivity index (χ1) is 11.2. The van der Waals surface area contributed by atoms with E-state index < -0.39 is 0 Å². The van der Waals surface area contributed by atoms with E-state index in [1.807, 2.05) is 18.2 Å². The SMILES string of the molecule is COc1ccccc1CN(C(=O)C1CC12CCNCC2)C1CC1.